The fraction of sp³-hybridized carbons (Fsp3) is 0.167. The Balaban J connectivity index is 1.43. The zero-order valence-corrected chi connectivity index (χ0v) is 14.8. The Hall–Kier alpha value is -3.13. The third-order valence-electron chi connectivity index (χ3n) is 3.35. The molecule has 7 nitrogen and oxygen atoms in total. The number of aromatic nitrogens is 1. The molecule has 3 aromatic rings. The summed E-state index contributed by atoms with van der Waals surface area (Å²) >= 11 is 1.57. The van der Waals surface area contributed by atoms with Crippen LogP contribution in [0.3, 0.4) is 0 Å². The molecule has 2 aromatic heterocycles. The van der Waals surface area contributed by atoms with Crippen molar-refractivity contribution >= 4 is 23.3 Å². The molecule has 0 aliphatic rings. The summed E-state index contributed by atoms with van der Waals surface area (Å²) in [5.74, 6) is 0.592. The largest absolute Gasteiger partial charge is 0.484 e. The molecule has 0 aliphatic heterocycles. The van der Waals surface area contributed by atoms with Gasteiger partial charge in [0.2, 0.25) is 0 Å². The molecule has 0 bridgehead atoms. The number of benzene rings is 1. The summed E-state index contributed by atoms with van der Waals surface area (Å²) < 4.78 is 10.5. The average molecular weight is 371 g/mol. The van der Waals surface area contributed by atoms with Gasteiger partial charge >= 0.3 is 6.03 Å². The molecule has 0 aliphatic carbocycles. The lowest BCUT2D eigenvalue weighted by atomic mass is 10.2. The van der Waals surface area contributed by atoms with Crippen LogP contribution in [0.1, 0.15) is 11.5 Å². The maximum absolute atomic E-state index is 11.8. The molecule has 8 heteroatoms. The van der Waals surface area contributed by atoms with Crippen molar-refractivity contribution in [3.63, 3.8) is 0 Å². The number of carbonyl (C=O) groups excluding carboxylic acids is 2. The summed E-state index contributed by atoms with van der Waals surface area (Å²) in [6.07, 6.45) is 1.51. The molecule has 2 heterocycles. The SMILES string of the molecule is Cc1csc(-c2ccc(OCC(=O)NC(=O)NCc3ccco3)cc2)n1. The maximum atomic E-state index is 11.8. The molecule has 0 radical (unpaired) electrons. The quantitative estimate of drug-likeness (QED) is 0.694. The van der Waals surface area contributed by atoms with Crippen LogP contribution in [0.25, 0.3) is 10.6 Å². The summed E-state index contributed by atoms with van der Waals surface area (Å²) in [4.78, 5) is 27.8. The highest BCUT2D eigenvalue weighted by Crippen LogP contribution is 2.25. The molecule has 0 saturated heterocycles. The first-order valence-electron chi connectivity index (χ1n) is 7.85. The zero-order valence-electron chi connectivity index (χ0n) is 14.0. The van der Waals surface area contributed by atoms with Gasteiger partial charge in [-0.15, -0.1) is 11.3 Å². The van der Waals surface area contributed by atoms with Crippen LogP contribution in [0.4, 0.5) is 4.79 Å². The smallest absolute Gasteiger partial charge is 0.321 e. The first kappa shape index (κ1) is 17.7. The highest BCUT2D eigenvalue weighted by atomic mass is 32.1. The number of carbonyl (C=O) groups is 2. The lowest BCUT2D eigenvalue weighted by Crippen LogP contribution is -2.41. The number of rotatable bonds is 6. The van der Waals surface area contributed by atoms with Gasteiger partial charge in [-0.1, -0.05) is 0 Å². The first-order valence-corrected chi connectivity index (χ1v) is 8.73. The van der Waals surface area contributed by atoms with E-state index in [9.17, 15) is 9.59 Å². The number of urea groups is 1. The van der Waals surface area contributed by atoms with Crippen molar-refractivity contribution in [1.82, 2.24) is 15.6 Å². The molecule has 0 fully saturated rings. The molecule has 134 valence electrons. The Labute approximate surface area is 154 Å². The Morgan fingerprint density at radius 2 is 2.04 bits per heavy atom. The second-order valence-electron chi connectivity index (χ2n) is 5.42. The fourth-order valence-electron chi connectivity index (χ4n) is 2.12. The average Bonchev–Trinajstić information content (AvgIpc) is 3.30. The molecule has 26 heavy (non-hydrogen) atoms. The van der Waals surface area contributed by atoms with Crippen LogP contribution >= 0.6 is 11.3 Å². The van der Waals surface area contributed by atoms with E-state index < -0.39 is 11.9 Å². The van der Waals surface area contributed by atoms with Gasteiger partial charge in [-0.3, -0.25) is 10.1 Å². The van der Waals surface area contributed by atoms with Crippen molar-refractivity contribution in [2.45, 2.75) is 13.5 Å². The molecule has 2 N–H and O–H groups in total. The lowest BCUT2D eigenvalue weighted by Gasteiger charge is -2.08. The van der Waals surface area contributed by atoms with Gasteiger partial charge in [-0.05, 0) is 43.3 Å². The van der Waals surface area contributed by atoms with E-state index in [0.717, 1.165) is 16.3 Å². The Kier molecular flexibility index (Phi) is 5.65. The van der Waals surface area contributed by atoms with Gasteiger partial charge in [-0.2, -0.15) is 0 Å². The van der Waals surface area contributed by atoms with Gasteiger partial charge < -0.3 is 14.5 Å². The van der Waals surface area contributed by atoms with Gasteiger partial charge in [0, 0.05) is 16.6 Å². The molecule has 3 rings (SSSR count). The molecular weight excluding hydrogens is 354 g/mol. The normalized spacial score (nSPS) is 10.3. The van der Waals surface area contributed by atoms with Crippen molar-refractivity contribution in [3.05, 3.63) is 59.5 Å². The van der Waals surface area contributed by atoms with Crippen molar-refractivity contribution in [3.8, 4) is 16.3 Å². The van der Waals surface area contributed by atoms with Gasteiger partial charge in [0.25, 0.3) is 5.91 Å². The molecular formula is C18H17N3O4S. The van der Waals surface area contributed by atoms with E-state index in [4.69, 9.17) is 9.15 Å². The third kappa shape index (κ3) is 4.93. The number of imide groups is 1. The van der Waals surface area contributed by atoms with Crippen LogP contribution in [0.2, 0.25) is 0 Å². The van der Waals surface area contributed by atoms with Crippen LogP contribution in [0.5, 0.6) is 5.75 Å². The Morgan fingerprint density at radius 3 is 2.69 bits per heavy atom. The number of nitrogens with one attached hydrogen (secondary N) is 2. The van der Waals surface area contributed by atoms with Crippen molar-refractivity contribution < 1.29 is 18.7 Å². The standard InChI is InChI=1S/C18H17N3O4S/c1-12-11-26-17(20-12)13-4-6-14(7-5-13)25-10-16(22)21-18(23)19-9-15-3-2-8-24-15/h2-8,11H,9-10H2,1H3,(H2,19,21,22,23). The Morgan fingerprint density at radius 1 is 1.23 bits per heavy atom. The second kappa shape index (κ2) is 8.30. The van der Waals surface area contributed by atoms with Gasteiger partial charge in [-0.25, -0.2) is 9.78 Å². The van der Waals surface area contributed by atoms with E-state index in [1.165, 1.54) is 6.26 Å². The van der Waals surface area contributed by atoms with E-state index in [0.29, 0.717) is 11.5 Å². The van der Waals surface area contributed by atoms with E-state index in [-0.39, 0.29) is 13.2 Å². The van der Waals surface area contributed by atoms with E-state index in [1.54, 1.807) is 35.6 Å². The van der Waals surface area contributed by atoms with Gasteiger partial charge in [0.1, 0.15) is 16.5 Å². The highest BCUT2D eigenvalue weighted by molar-refractivity contribution is 7.13. The topological polar surface area (TPSA) is 93.5 Å². The molecule has 1 aromatic carbocycles. The predicted octanol–water partition coefficient (Wildman–Crippen LogP) is 3.12. The van der Waals surface area contributed by atoms with Crippen LogP contribution in [-0.2, 0) is 11.3 Å². The van der Waals surface area contributed by atoms with Crippen LogP contribution in [0, 0.1) is 6.92 Å². The van der Waals surface area contributed by atoms with E-state index in [2.05, 4.69) is 15.6 Å². The number of hydrogen-bond acceptors (Lipinski definition) is 6. The highest BCUT2D eigenvalue weighted by Gasteiger charge is 2.09. The van der Waals surface area contributed by atoms with E-state index >= 15 is 0 Å². The third-order valence-corrected chi connectivity index (χ3v) is 4.36. The van der Waals surface area contributed by atoms with Gasteiger partial charge in [0.05, 0.1) is 12.8 Å². The van der Waals surface area contributed by atoms with Crippen molar-refractivity contribution in [1.29, 1.82) is 0 Å². The molecule has 3 amide bonds. The minimum atomic E-state index is -0.607. The zero-order chi connectivity index (χ0) is 18.4. The minimum absolute atomic E-state index is 0.199. The van der Waals surface area contributed by atoms with Crippen LogP contribution < -0.4 is 15.4 Å². The molecule has 0 spiro atoms. The van der Waals surface area contributed by atoms with E-state index in [1.807, 2.05) is 24.4 Å². The number of nitrogens with zero attached hydrogens (tertiary/aromatic N) is 1. The van der Waals surface area contributed by atoms with Crippen LogP contribution in [0.15, 0.2) is 52.5 Å². The number of thiazole rings is 1. The summed E-state index contributed by atoms with van der Waals surface area (Å²) in [5, 5.41) is 7.62. The summed E-state index contributed by atoms with van der Waals surface area (Å²) in [6, 6.07) is 10.1. The predicted molar refractivity (Wildman–Crippen MR) is 96.9 cm³/mol. The maximum Gasteiger partial charge on any atom is 0.321 e. The van der Waals surface area contributed by atoms with Gasteiger partial charge in [0.15, 0.2) is 6.61 Å². The number of hydrogen-bond donors (Lipinski definition) is 2. The second-order valence-corrected chi connectivity index (χ2v) is 6.28. The summed E-state index contributed by atoms with van der Waals surface area (Å²) in [6.45, 7) is 1.88. The minimum Gasteiger partial charge on any atom is -0.484 e. The molecule has 0 saturated carbocycles. The number of aryl methyl sites for hydroxylation is 1. The fourth-order valence-corrected chi connectivity index (χ4v) is 2.92. The number of ether oxygens (including phenoxy) is 1. The lowest BCUT2D eigenvalue weighted by molar-refractivity contribution is -0.122. The number of furan rings is 1. The Bertz CT molecular complexity index is 872. The first-order chi connectivity index (χ1) is 12.6. The summed E-state index contributed by atoms with van der Waals surface area (Å²) in [7, 11) is 0. The van der Waals surface area contributed by atoms with Crippen molar-refractivity contribution in [2.24, 2.45) is 0 Å². The van der Waals surface area contributed by atoms with Crippen molar-refractivity contribution in [2.75, 3.05) is 6.61 Å². The number of amides is 3. The monoisotopic (exact) mass is 371 g/mol. The summed E-state index contributed by atoms with van der Waals surface area (Å²) in [5.41, 5.74) is 1.96. The molecule has 0 unspecified atom stereocenters. The molecule has 0 atom stereocenters. The van der Waals surface area contributed by atoms with Crippen LogP contribution in [-0.4, -0.2) is 23.5 Å².